The molecular weight excluding hydrogens is 224 g/mol. The number of rotatable bonds is 6. The van der Waals surface area contributed by atoms with Crippen LogP contribution in [0.3, 0.4) is 0 Å². The molecule has 3 heteroatoms. The highest BCUT2D eigenvalue weighted by Gasteiger charge is 2.27. The molecule has 0 amide bonds. The Bertz CT molecular complexity index is 392. The zero-order chi connectivity index (χ0) is 13.0. The topological polar surface area (TPSA) is 24.5 Å². The lowest BCUT2D eigenvalue weighted by atomic mass is 9.96. The van der Waals surface area contributed by atoms with Crippen molar-refractivity contribution >= 4 is 5.69 Å². The van der Waals surface area contributed by atoms with Crippen molar-refractivity contribution in [2.45, 2.75) is 25.7 Å². The molecule has 2 rings (SSSR count). The fourth-order valence-corrected chi connectivity index (χ4v) is 2.81. The minimum absolute atomic E-state index is 0.656. The number of anilines is 1. The smallest absolute Gasteiger partial charge is 0.119 e. The van der Waals surface area contributed by atoms with Crippen molar-refractivity contribution in [2.24, 2.45) is 0 Å². The van der Waals surface area contributed by atoms with Crippen LogP contribution in [0, 0.1) is 0 Å². The highest BCUT2D eigenvalue weighted by atomic mass is 16.5. The lowest BCUT2D eigenvalue weighted by Crippen LogP contribution is -2.21. The Kier molecular flexibility index (Phi) is 4.48. The fourth-order valence-electron chi connectivity index (χ4n) is 2.81. The molecule has 0 fully saturated rings. The minimum Gasteiger partial charge on any atom is -0.497 e. The number of likely N-dealkylation sites (N-methyl/N-ethyl adjacent to an activating group) is 1. The van der Waals surface area contributed by atoms with Crippen LogP contribution in [-0.4, -0.2) is 33.8 Å². The van der Waals surface area contributed by atoms with Crippen molar-refractivity contribution in [1.82, 2.24) is 5.32 Å². The van der Waals surface area contributed by atoms with Crippen molar-refractivity contribution in [3.8, 4) is 5.75 Å². The second-order valence-electron chi connectivity index (χ2n) is 4.91. The number of fused-ring (bicyclic) bond motifs is 1. The van der Waals surface area contributed by atoms with E-state index >= 15 is 0 Å². The molecule has 0 aliphatic carbocycles. The van der Waals surface area contributed by atoms with Gasteiger partial charge in [-0.05, 0) is 57.1 Å². The second kappa shape index (κ2) is 6.10. The Morgan fingerprint density at radius 2 is 2.28 bits per heavy atom. The normalized spacial score (nSPS) is 17.9. The number of methoxy groups -OCH3 is 1. The van der Waals surface area contributed by atoms with Crippen LogP contribution < -0.4 is 15.0 Å². The van der Waals surface area contributed by atoms with Gasteiger partial charge in [-0.2, -0.15) is 0 Å². The predicted molar refractivity (Wildman–Crippen MR) is 76.8 cm³/mol. The van der Waals surface area contributed by atoms with Gasteiger partial charge in [0.1, 0.15) is 5.75 Å². The molecule has 0 spiro atoms. The van der Waals surface area contributed by atoms with Gasteiger partial charge in [0.05, 0.1) is 7.11 Å². The molecule has 1 unspecified atom stereocenters. The van der Waals surface area contributed by atoms with Crippen molar-refractivity contribution < 1.29 is 4.74 Å². The molecule has 1 N–H and O–H groups in total. The van der Waals surface area contributed by atoms with Gasteiger partial charge in [0, 0.05) is 24.7 Å². The van der Waals surface area contributed by atoms with Crippen molar-refractivity contribution in [2.75, 3.05) is 38.7 Å². The molecule has 0 saturated carbocycles. The highest BCUT2D eigenvalue weighted by molar-refractivity contribution is 5.62. The number of nitrogens with zero attached hydrogens (tertiary/aromatic N) is 1. The molecule has 100 valence electrons. The molecule has 0 saturated heterocycles. The van der Waals surface area contributed by atoms with E-state index in [1.165, 1.54) is 24.1 Å². The average Bonchev–Trinajstić information content (AvgIpc) is 2.76. The van der Waals surface area contributed by atoms with E-state index < -0.39 is 0 Å². The zero-order valence-corrected chi connectivity index (χ0v) is 11.7. The van der Waals surface area contributed by atoms with Crippen molar-refractivity contribution in [3.63, 3.8) is 0 Å². The third kappa shape index (κ3) is 2.61. The van der Waals surface area contributed by atoms with Gasteiger partial charge in [0.25, 0.3) is 0 Å². The molecule has 1 aromatic carbocycles. The van der Waals surface area contributed by atoms with Gasteiger partial charge in [-0.1, -0.05) is 0 Å². The van der Waals surface area contributed by atoms with Gasteiger partial charge in [0.15, 0.2) is 0 Å². The molecule has 1 atom stereocenters. The quantitative estimate of drug-likeness (QED) is 0.783. The maximum Gasteiger partial charge on any atom is 0.119 e. The number of benzene rings is 1. The Morgan fingerprint density at radius 1 is 1.44 bits per heavy atom. The largest absolute Gasteiger partial charge is 0.497 e. The summed E-state index contributed by atoms with van der Waals surface area (Å²) >= 11 is 0. The van der Waals surface area contributed by atoms with Gasteiger partial charge in [-0.25, -0.2) is 0 Å². The average molecular weight is 248 g/mol. The molecule has 18 heavy (non-hydrogen) atoms. The molecule has 1 aliphatic heterocycles. The molecule has 0 radical (unpaired) electrons. The zero-order valence-electron chi connectivity index (χ0n) is 11.7. The Labute approximate surface area is 110 Å². The Morgan fingerprint density at radius 3 is 2.94 bits per heavy atom. The molecule has 0 aromatic heterocycles. The lowest BCUT2D eigenvalue weighted by molar-refractivity contribution is 0.414. The fraction of sp³-hybridized carbons (Fsp3) is 0.600. The van der Waals surface area contributed by atoms with Crippen LogP contribution in [-0.2, 0) is 0 Å². The Balaban J connectivity index is 2.16. The van der Waals surface area contributed by atoms with E-state index in [9.17, 15) is 0 Å². The van der Waals surface area contributed by atoms with E-state index in [-0.39, 0.29) is 0 Å². The predicted octanol–water partition coefficient (Wildman–Crippen LogP) is 2.62. The monoisotopic (exact) mass is 248 g/mol. The summed E-state index contributed by atoms with van der Waals surface area (Å²) in [5.41, 5.74) is 2.86. The SMILES string of the molecule is CCN1CC(CCCNC)c2cc(OC)ccc21. The summed E-state index contributed by atoms with van der Waals surface area (Å²) in [4.78, 5) is 2.47. The number of hydrogen-bond acceptors (Lipinski definition) is 3. The molecule has 1 aromatic rings. The minimum atomic E-state index is 0.656. The van der Waals surface area contributed by atoms with Crippen molar-refractivity contribution in [3.05, 3.63) is 23.8 Å². The first-order valence-corrected chi connectivity index (χ1v) is 6.87. The summed E-state index contributed by atoms with van der Waals surface area (Å²) in [5, 5.41) is 3.23. The van der Waals surface area contributed by atoms with E-state index in [0.717, 1.165) is 25.4 Å². The van der Waals surface area contributed by atoms with E-state index in [4.69, 9.17) is 4.74 Å². The number of hydrogen-bond donors (Lipinski definition) is 1. The lowest BCUT2D eigenvalue weighted by Gasteiger charge is -2.17. The van der Waals surface area contributed by atoms with Crippen LogP contribution in [0.5, 0.6) is 5.75 Å². The summed E-state index contributed by atoms with van der Waals surface area (Å²) in [6, 6.07) is 6.49. The van der Waals surface area contributed by atoms with Gasteiger partial charge in [-0.3, -0.25) is 0 Å². The molecule has 1 aliphatic rings. The maximum absolute atomic E-state index is 5.35. The molecule has 1 heterocycles. The van der Waals surface area contributed by atoms with E-state index in [1.807, 2.05) is 7.05 Å². The molecular formula is C15H24N2O. The van der Waals surface area contributed by atoms with Crippen molar-refractivity contribution in [1.29, 1.82) is 0 Å². The summed E-state index contributed by atoms with van der Waals surface area (Å²) in [6.45, 7) is 5.57. The summed E-state index contributed by atoms with van der Waals surface area (Å²) < 4.78 is 5.35. The number of nitrogens with one attached hydrogen (secondary N) is 1. The summed E-state index contributed by atoms with van der Waals surface area (Å²) in [5.74, 6) is 1.63. The first kappa shape index (κ1) is 13.2. The third-order valence-electron chi connectivity index (χ3n) is 3.82. The highest BCUT2D eigenvalue weighted by Crippen LogP contribution is 2.40. The van der Waals surface area contributed by atoms with Crippen LogP contribution >= 0.6 is 0 Å². The van der Waals surface area contributed by atoms with Crippen LogP contribution in [0.2, 0.25) is 0 Å². The molecule has 0 bridgehead atoms. The molecule has 3 nitrogen and oxygen atoms in total. The summed E-state index contributed by atoms with van der Waals surface area (Å²) in [6.07, 6.45) is 2.48. The second-order valence-corrected chi connectivity index (χ2v) is 4.91. The van der Waals surface area contributed by atoms with Gasteiger partial charge in [0.2, 0.25) is 0 Å². The van der Waals surface area contributed by atoms with Crippen LogP contribution in [0.1, 0.15) is 31.2 Å². The van der Waals surface area contributed by atoms with Crippen LogP contribution in [0.15, 0.2) is 18.2 Å². The number of ether oxygens (including phenoxy) is 1. The third-order valence-corrected chi connectivity index (χ3v) is 3.82. The van der Waals surface area contributed by atoms with Gasteiger partial charge in [-0.15, -0.1) is 0 Å². The summed E-state index contributed by atoms with van der Waals surface area (Å²) in [7, 11) is 3.76. The van der Waals surface area contributed by atoms with Crippen LogP contribution in [0.25, 0.3) is 0 Å². The van der Waals surface area contributed by atoms with Gasteiger partial charge >= 0.3 is 0 Å². The Hall–Kier alpha value is -1.22. The van der Waals surface area contributed by atoms with E-state index in [2.05, 4.69) is 35.3 Å². The first-order valence-electron chi connectivity index (χ1n) is 6.87. The van der Waals surface area contributed by atoms with E-state index in [0.29, 0.717) is 5.92 Å². The first-order chi connectivity index (χ1) is 8.80. The van der Waals surface area contributed by atoms with E-state index in [1.54, 1.807) is 7.11 Å². The van der Waals surface area contributed by atoms with Crippen LogP contribution in [0.4, 0.5) is 5.69 Å². The standard InChI is InChI=1S/C15H24N2O/c1-4-17-11-12(6-5-9-16-2)14-10-13(18-3)7-8-15(14)17/h7-8,10,12,16H,4-6,9,11H2,1-3H3. The maximum atomic E-state index is 5.35. The van der Waals surface area contributed by atoms with Gasteiger partial charge < -0.3 is 15.0 Å².